The summed E-state index contributed by atoms with van der Waals surface area (Å²) >= 11 is 5.83. The summed E-state index contributed by atoms with van der Waals surface area (Å²) in [7, 11) is -1.91. The topological polar surface area (TPSA) is 84.2 Å². The quantitative estimate of drug-likeness (QED) is 0.863. The van der Waals surface area contributed by atoms with Crippen LogP contribution in [-0.2, 0) is 30.2 Å². The predicted molar refractivity (Wildman–Crippen MR) is 74.6 cm³/mol. The molecule has 6 nitrogen and oxygen atoms in total. The number of nitrogens with zero attached hydrogens (tertiary/aromatic N) is 2. The molecule has 0 spiro atoms. The van der Waals surface area contributed by atoms with E-state index in [0.717, 1.165) is 0 Å². The van der Waals surface area contributed by atoms with Gasteiger partial charge in [-0.3, -0.25) is 4.68 Å². The molecule has 0 saturated heterocycles. The van der Waals surface area contributed by atoms with Crippen molar-refractivity contribution in [3.05, 3.63) is 46.7 Å². The third-order valence-corrected chi connectivity index (χ3v) is 4.48. The van der Waals surface area contributed by atoms with Crippen LogP contribution >= 0.6 is 11.6 Å². The van der Waals surface area contributed by atoms with Crippen LogP contribution in [0.4, 0.5) is 0 Å². The van der Waals surface area contributed by atoms with E-state index in [1.807, 2.05) is 0 Å². The van der Waals surface area contributed by atoms with Crippen LogP contribution < -0.4 is 4.72 Å². The number of hydrogen-bond acceptors (Lipinski definition) is 4. The van der Waals surface area contributed by atoms with Crippen molar-refractivity contribution < 1.29 is 13.5 Å². The van der Waals surface area contributed by atoms with Gasteiger partial charge in [0.25, 0.3) is 0 Å². The maximum atomic E-state index is 12.1. The molecule has 2 rings (SSSR count). The summed E-state index contributed by atoms with van der Waals surface area (Å²) in [4.78, 5) is 0.0573. The van der Waals surface area contributed by atoms with Gasteiger partial charge in [-0.05, 0) is 29.8 Å². The molecule has 108 valence electrons. The number of halogens is 1. The number of benzene rings is 1. The first-order valence-electron chi connectivity index (χ1n) is 5.80. The molecule has 1 aromatic carbocycles. The van der Waals surface area contributed by atoms with Gasteiger partial charge in [-0.15, -0.1) is 0 Å². The van der Waals surface area contributed by atoms with Crippen molar-refractivity contribution in [3.8, 4) is 0 Å². The van der Waals surface area contributed by atoms with Gasteiger partial charge in [-0.2, -0.15) is 5.10 Å². The maximum Gasteiger partial charge on any atom is 0.240 e. The smallest absolute Gasteiger partial charge is 0.240 e. The van der Waals surface area contributed by atoms with E-state index in [1.54, 1.807) is 24.0 Å². The first kappa shape index (κ1) is 15.0. The highest BCUT2D eigenvalue weighted by Crippen LogP contribution is 2.20. The van der Waals surface area contributed by atoms with Gasteiger partial charge >= 0.3 is 0 Å². The number of sulfonamides is 1. The lowest BCUT2D eigenvalue weighted by molar-refractivity contribution is 0.281. The summed E-state index contributed by atoms with van der Waals surface area (Å²) in [6.07, 6.45) is 1.73. The van der Waals surface area contributed by atoms with Crippen molar-refractivity contribution in [2.45, 2.75) is 18.0 Å². The van der Waals surface area contributed by atoms with E-state index in [2.05, 4.69) is 9.82 Å². The predicted octanol–water partition coefficient (Wildman–Crippen LogP) is 1.04. The van der Waals surface area contributed by atoms with Crippen molar-refractivity contribution in [2.24, 2.45) is 7.05 Å². The van der Waals surface area contributed by atoms with Crippen LogP contribution in [0.5, 0.6) is 0 Å². The minimum absolute atomic E-state index is 0.0573. The average molecular weight is 316 g/mol. The Labute approximate surface area is 122 Å². The molecule has 0 fully saturated rings. The number of nitrogens with one attached hydrogen (secondary N) is 1. The Morgan fingerprint density at radius 3 is 2.75 bits per heavy atom. The highest BCUT2D eigenvalue weighted by molar-refractivity contribution is 7.89. The molecule has 8 heteroatoms. The fraction of sp³-hybridized carbons (Fsp3) is 0.250. The Balaban J connectivity index is 2.17. The molecule has 0 bridgehead atoms. The molecule has 0 aliphatic rings. The summed E-state index contributed by atoms with van der Waals surface area (Å²) in [5, 5.41) is 13.5. The molecule has 0 radical (unpaired) electrons. The zero-order valence-corrected chi connectivity index (χ0v) is 12.3. The van der Waals surface area contributed by atoms with Crippen molar-refractivity contribution >= 4 is 21.6 Å². The monoisotopic (exact) mass is 315 g/mol. The van der Waals surface area contributed by atoms with Gasteiger partial charge < -0.3 is 5.11 Å². The van der Waals surface area contributed by atoms with Crippen molar-refractivity contribution in [1.29, 1.82) is 0 Å². The van der Waals surface area contributed by atoms with E-state index in [4.69, 9.17) is 16.7 Å². The largest absolute Gasteiger partial charge is 0.392 e. The maximum absolute atomic E-state index is 12.1. The fourth-order valence-corrected chi connectivity index (χ4v) is 2.88. The first-order valence-corrected chi connectivity index (χ1v) is 7.66. The van der Waals surface area contributed by atoms with Crippen LogP contribution in [0, 0.1) is 0 Å². The number of hydrogen-bond donors (Lipinski definition) is 2. The third-order valence-electron chi connectivity index (χ3n) is 2.71. The van der Waals surface area contributed by atoms with Crippen molar-refractivity contribution in [2.75, 3.05) is 0 Å². The molecule has 0 saturated carbocycles. The van der Waals surface area contributed by atoms with Crippen LogP contribution in [0.1, 0.15) is 11.3 Å². The van der Waals surface area contributed by atoms with E-state index >= 15 is 0 Å². The minimum atomic E-state index is -3.67. The summed E-state index contributed by atoms with van der Waals surface area (Å²) in [6.45, 7) is -0.220. The second kappa shape index (κ2) is 5.92. The van der Waals surface area contributed by atoms with Crippen LogP contribution in [-0.4, -0.2) is 23.3 Å². The van der Waals surface area contributed by atoms with Gasteiger partial charge in [0.2, 0.25) is 10.0 Å². The molecule has 0 unspecified atom stereocenters. The lowest BCUT2D eigenvalue weighted by atomic mass is 10.2. The molecule has 0 amide bonds. The van der Waals surface area contributed by atoms with Gasteiger partial charge in [0.05, 0.1) is 23.7 Å². The molecule has 2 N–H and O–H groups in total. The third kappa shape index (κ3) is 3.37. The minimum Gasteiger partial charge on any atom is -0.392 e. The van der Waals surface area contributed by atoms with Crippen LogP contribution in [0.2, 0.25) is 5.02 Å². The normalized spacial score (nSPS) is 11.8. The SMILES string of the molecule is Cn1ccc(CNS(=O)(=O)c2ccc(Cl)c(CO)c2)n1. The first-order chi connectivity index (χ1) is 9.42. The van der Waals surface area contributed by atoms with Crippen LogP contribution in [0.3, 0.4) is 0 Å². The Morgan fingerprint density at radius 2 is 2.15 bits per heavy atom. The zero-order valence-electron chi connectivity index (χ0n) is 10.7. The summed E-state index contributed by atoms with van der Waals surface area (Å²) in [5.41, 5.74) is 0.986. The molecule has 0 atom stereocenters. The van der Waals surface area contributed by atoms with E-state index in [0.29, 0.717) is 16.3 Å². The lowest BCUT2D eigenvalue weighted by Gasteiger charge is -2.08. The molecule has 0 aliphatic heterocycles. The average Bonchev–Trinajstić information content (AvgIpc) is 2.83. The highest BCUT2D eigenvalue weighted by atomic mass is 35.5. The Kier molecular flexibility index (Phi) is 4.44. The molecule has 2 aromatic rings. The van der Waals surface area contributed by atoms with Gasteiger partial charge in [-0.25, -0.2) is 13.1 Å². The summed E-state index contributed by atoms with van der Waals surface area (Å²) < 4.78 is 28.3. The molecule has 0 aliphatic carbocycles. The fourth-order valence-electron chi connectivity index (χ4n) is 1.65. The standard InChI is InChI=1S/C12H14ClN3O3S/c1-16-5-4-10(15-16)7-14-20(18,19)11-2-3-12(13)9(6-11)8-17/h2-6,14,17H,7-8H2,1H3. The lowest BCUT2D eigenvalue weighted by Crippen LogP contribution is -2.23. The van der Waals surface area contributed by atoms with Gasteiger partial charge in [0.1, 0.15) is 0 Å². The Hall–Kier alpha value is -1.41. The second-order valence-electron chi connectivity index (χ2n) is 4.22. The van der Waals surface area contributed by atoms with Gasteiger partial charge in [0, 0.05) is 18.3 Å². The summed E-state index contributed by atoms with van der Waals surface area (Å²) in [6, 6.07) is 5.91. The number of aryl methyl sites for hydroxylation is 1. The molecule has 1 heterocycles. The van der Waals surface area contributed by atoms with E-state index in [1.165, 1.54) is 18.2 Å². The van der Waals surface area contributed by atoms with E-state index < -0.39 is 10.0 Å². The number of aliphatic hydroxyl groups is 1. The number of rotatable bonds is 5. The van der Waals surface area contributed by atoms with Gasteiger partial charge in [0.15, 0.2) is 0 Å². The zero-order chi connectivity index (χ0) is 14.8. The molecule has 20 heavy (non-hydrogen) atoms. The van der Waals surface area contributed by atoms with Crippen LogP contribution in [0.25, 0.3) is 0 Å². The number of aromatic nitrogens is 2. The van der Waals surface area contributed by atoms with E-state index in [9.17, 15) is 8.42 Å². The van der Waals surface area contributed by atoms with E-state index in [-0.39, 0.29) is 18.0 Å². The molecule has 1 aromatic heterocycles. The van der Waals surface area contributed by atoms with Crippen molar-refractivity contribution in [1.82, 2.24) is 14.5 Å². The highest BCUT2D eigenvalue weighted by Gasteiger charge is 2.15. The molecular formula is C12H14ClN3O3S. The second-order valence-corrected chi connectivity index (χ2v) is 6.39. The molecular weight excluding hydrogens is 302 g/mol. The number of aliphatic hydroxyl groups excluding tert-OH is 1. The van der Waals surface area contributed by atoms with Gasteiger partial charge in [-0.1, -0.05) is 11.6 Å². The van der Waals surface area contributed by atoms with Crippen molar-refractivity contribution in [3.63, 3.8) is 0 Å². The summed E-state index contributed by atoms with van der Waals surface area (Å²) in [5.74, 6) is 0. The Bertz CT molecular complexity index is 712. The van der Waals surface area contributed by atoms with Crippen LogP contribution in [0.15, 0.2) is 35.4 Å². The Morgan fingerprint density at radius 1 is 1.40 bits per heavy atom.